The molecule has 2 N–H and O–H groups in total. The van der Waals surface area contributed by atoms with Crippen LogP contribution in [0.25, 0.3) is 10.9 Å². The summed E-state index contributed by atoms with van der Waals surface area (Å²) < 4.78 is 1.68. The van der Waals surface area contributed by atoms with Gasteiger partial charge in [0.2, 0.25) is 0 Å². The third-order valence-corrected chi connectivity index (χ3v) is 3.10. The summed E-state index contributed by atoms with van der Waals surface area (Å²) >= 11 is 0. The lowest BCUT2D eigenvalue weighted by atomic mass is 10.2. The Kier molecular flexibility index (Phi) is 3.97. The van der Waals surface area contributed by atoms with Crippen LogP contribution in [0.4, 0.5) is 5.69 Å². The Labute approximate surface area is 106 Å². The highest BCUT2D eigenvalue weighted by atomic mass is 16.1. The number of hydrogen-bond acceptors (Lipinski definition) is 3. The third-order valence-electron chi connectivity index (χ3n) is 3.10. The van der Waals surface area contributed by atoms with E-state index < -0.39 is 0 Å². The Balaban J connectivity index is 2.24. The number of anilines is 1. The van der Waals surface area contributed by atoms with Crippen LogP contribution >= 0.6 is 0 Å². The molecular formula is C14H19N3O. The van der Waals surface area contributed by atoms with E-state index in [0.29, 0.717) is 16.6 Å². The summed E-state index contributed by atoms with van der Waals surface area (Å²) in [4.78, 5) is 16.5. The fourth-order valence-corrected chi connectivity index (χ4v) is 2.04. The normalized spacial score (nSPS) is 10.9. The monoisotopic (exact) mass is 245 g/mol. The van der Waals surface area contributed by atoms with E-state index in [2.05, 4.69) is 11.9 Å². The second-order valence-corrected chi connectivity index (χ2v) is 4.58. The molecule has 0 aliphatic carbocycles. The molecule has 1 heterocycles. The average molecular weight is 245 g/mol. The summed E-state index contributed by atoms with van der Waals surface area (Å²) in [6, 6.07) is 5.25. The van der Waals surface area contributed by atoms with E-state index in [0.717, 1.165) is 19.4 Å². The second-order valence-electron chi connectivity index (χ2n) is 4.58. The first-order valence-electron chi connectivity index (χ1n) is 6.47. The van der Waals surface area contributed by atoms with Crippen molar-refractivity contribution in [3.63, 3.8) is 0 Å². The number of rotatable bonds is 5. The zero-order valence-electron chi connectivity index (χ0n) is 10.7. The Bertz CT molecular complexity index is 589. The molecule has 96 valence electrons. The first-order chi connectivity index (χ1) is 8.72. The predicted molar refractivity (Wildman–Crippen MR) is 74.6 cm³/mol. The molecule has 0 saturated heterocycles. The van der Waals surface area contributed by atoms with Gasteiger partial charge in [-0.15, -0.1) is 0 Å². The highest BCUT2D eigenvalue weighted by molar-refractivity contribution is 5.80. The zero-order chi connectivity index (χ0) is 13.0. The summed E-state index contributed by atoms with van der Waals surface area (Å²) in [5.74, 6) is 0. The number of benzene rings is 1. The summed E-state index contributed by atoms with van der Waals surface area (Å²) in [6.07, 6.45) is 6.21. The quantitative estimate of drug-likeness (QED) is 0.650. The lowest BCUT2D eigenvalue weighted by Crippen LogP contribution is -2.20. The van der Waals surface area contributed by atoms with Gasteiger partial charge in [0.25, 0.3) is 5.56 Å². The lowest BCUT2D eigenvalue weighted by molar-refractivity contribution is 0.567. The van der Waals surface area contributed by atoms with Gasteiger partial charge in [0, 0.05) is 12.2 Å². The van der Waals surface area contributed by atoms with Crippen LogP contribution in [-0.2, 0) is 6.54 Å². The molecule has 0 unspecified atom stereocenters. The number of unbranched alkanes of at least 4 members (excludes halogenated alkanes) is 3. The van der Waals surface area contributed by atoms with E-state index in [1.165, 1.54) is 12.8 Å². The predicted octanol–water partition coefficient (Wildman–Crippen LogP) is 2.56. The first kappa shape index (κ1) is 12.6. The Morgan fingerprint density at radius 2 is 2.11 bits per heavy atom. The number of aromatic nitrogens is 2. The Morgan fingerprint density at radius 3 is 2.89 bits per heavy atom. The lowest BCUT2D eigenvalue weighted by Gasteiger charge is -2.06. The van der Waals surface area contributed by atoms with Crippen molar-refractivity contribution >= 4 is 16.6 Å². The summed E-state index contributed by atoms with van der Waals surface area (Å²) in [7, 11) is 0. The van der Waals surface area contributed by atoms with Gasteiger partial charge >= 0.3 is 0 Å². The van der Waals surface area contributed by atoms with Crippen molar-refractivity contribution in [2.75, 3.05) is 5.73 Å². The Morgan fingerprint density at radius 1 is 1.28 bits per heavy atom. The molecule has 0 bridgehead atoms. The van der Waals surface area contributed by atoms with Crippen LogP contribution in [-0.4, -0.2) is 9.55 Å². The standard InChI is InChI=1S/C14H19N3O/c1-2-3-4-5-8-17-10-16-13-7-6-11(15)9-12(13)14(17)18/h6-7,9-10H,2-5,8,15H2,1H3. The van der Waals surface area contributed by atoms with Crippen LogP contribution in [0.3, 0.4) is 0 Å². The van der Waals surface area contributed by atoms with Crippen LogP contribution in [0.2, 0.25) is 0 Å². The molecule has 0 fully saturated rings. The molecule has 1 aromatic carbocycles. The van der Waals surface area contributed by atoms with E-state index in [1.54, 1.807) is 29.1 Å². The van der Waals surface area contributed by atoms with Gasteiger partial charge in [-0.2, -0.15) is 0 Å². The number of aryl methyl sites for hydroxylation is 1. The van der Waals surface area contributed by atoms with Gasteiger partial charge in [0.1, 0.15) is 0 Å². The minimum atomic E-state index is 0.00352. The summed E-state index contributed by atoms with van der Waals surface area (Å²) in [5, 5.41) is 0.605. The van der Waals surface area contributed by atoms with Gasteiger partial charge in [-0.05, 0) is 24.6 Å². The van der Waals surface area contributed by atoms with Crippen molar-refractivity contribution in [3.8, 4) is 0 Å². The van der Waals surface area contributed by atoms with Gasteiger partial charge in [-0.1, -0.05) is 26.2 Å². The van der Waals surface area contributed by atoms with Crippen LogP contribution in [0.1, 0.15) is 32.6 Å². The molecule has 1 aromatic heterocycles. The van der Waals surface area contributed by atoms with Gasteiger partial charge in [-0.3, -0.25) is 9.36 Å². The Hall–Kier alpha value is -1.84. The first-order valence-corrected chi connectivity index (χ1v) is 6.47. The molecule has 0 aliphatic heterocycles. The van der Waals surface area contributed by atoms with E-state index in [4.69, 9.17) is 5.73 Å². The van der Waals surface area contributed by atoms with E-state index in [-0.39, 0.29) is 5.56 Å². The van der Waals surface area contributed by atoms with Crippen molar-refractivity contribution < 1.29 is 0 Å². The molecule has 4 heteroatoms. The molecule has 0 radical (unpaired) electrons. The van der Waals surface area contributed by atoms with Crippen molar-refractivity contribution in [3.05, 3.63) is 34.9 Å². The maximum Gasteiger partial charge on any atom is 0.261 e. The van der Waals surface area contributed by atoms with Crippen molar-refractivity contribution in [2.24, 2.45) is 0 Å². The van der Waals surface area contributed by atoms with Crippen LogP contribution < -0.4 is 11.3 Å². The molecule has 18 heavy (non-hydrogen) atoms. The maximum atomic E-state index is 12.2. The smallest absolute Gasteiger partial charge is 0.261 e. The SMILES string of the molecule is CCCCCCn1cnc2ccc(N)cc2c1=O. The van der Waals surface area contributed by atoms with Gasteiger partial charge < -0.3 is 5.73 Å². The van der Waals surface area contributed by atoms with Crippen molar-refractivity contribution in [1.82, 2.24) is 9.55 Å². The fraction of sp³-hybridized carbons (Fsp3) is 0.429. The van der Waals surface area contributed by atoms with Crippen LogP contribution in [0.15, 0.2) is 29.3 Å². The highest BCUT2D eigenvalue weighted by Gasteiger charge is 2.04. The average Bonchev–Trinajstić information content (AvgIpc) is 2.38. The zero-order valence-corrected chi connectivity index (χ0v) is 10.7. The van der Waals surface area contributed by atoms with Gasteiger partial charge in [0.05, 0.1) is 17.2 Å². The third kappa shape index (κ3) is 2.70. The van der Waals surface area contributed by atoms with E-state index >= 15 is 0 Å². The highest BCUT2D eigenvalue weighted by Crippen LogP contribution is 2.11. The van der Waals surface area contributed by atoms with Crippen molar-refractivity contribution in [2.45, 2.75) is 39.2 Å². The summed E-state index contributed by atoms with van der Waals surface area (Å²) in [6.45, 7) is 2.91. The van der Waals surface area contributed by atoms with Crippen LogP contribution in [0.5, 0.6) is 0 Å². The number of nitrogens with two attached hydrogens (primary N) is 1. The molecule has 0 saturated carbocycles. The molecular weight excluding hydrogens is 226 g/mol. The van der Waals surface area contributed by atoms with E-state index in [9.17, 15) is 4.79 Å². The second kappa shape index (κ2) is 5.67. The van der Waals surface area contributed by atoms with E-state index in [1.807, 2.05) is 0 Å². The molecule has 4 nitrogen and oxygen atoms in total. The fourth-order valence-electron chi connectivity index (χ4n) is 2.04. The number of nitrogens with zero attached hydrogens (tertiary/aromatic N) is 2. The van der Waals surface area contributed by atoms with Gasteiger partial charge in [0.15, 0.2) is 0 Å². The molecule has 0 amide bonds. The summed E-state index contributed by atoms with van der Waals surface area (Å²) in [5.41, 5.74) is 7.02. The number of nitrogen functional groups attached to an aromatic ring is 1. The largest absolute Gasteiger partial charge is 0.399 e. The molecule has 0 aliphatic rings. The molecule has 0 atom stereocenters. The van der Waals surface area contributed by atoms with Crippen molar-refractivity contribution in [1.29, 1.82) is 0 Å². The topological polar surface area (TPSA) is 60.9 Å². The molecule has 0 spiro atoms. The minimum Gasteiger partial charge on any atom is -0.399 e. The maximum absolute atomic E-state index is 12.2. The number of fused-ring (bicyclic) bond motifs is 1. The molecule has 2 aromatic rings. The van der Waals surface area contributed by atoms with Crippen LogP contribution in [0, 0.1) is 0 Å². The molecule has 2 rings (SSSR count). The van der Waals surface area contributed by atoms with Gasteiger partial charge in [-0.25, -0.2) is 4.98 Å². The minimum absolute atomic E-state index is 0.00352. The number of hydrogen-bond donors (Lipinski definition) is 1.